The van der Waals surface area contributed by atoms with E-state index >= 15 is 0 Å². The second kappa shape index (κ2) is 16.0. The molecule has 0 amide bonds. The molecule has 45 heavy (non-hydrogen) atoms. The van der Waals surface area contributed by atoms with Crippen LogP contribution in [0, 0.1) is 0 Å². The van der Waals surface area contributed by atoms with Gasteiger partial charge in [-0.2, -0.15) is 26.3 Å². The number of hydrogen-bond acceptors (Lipinski definition) is 6. The maximum atomic E-state index is 12.6. The molecular formula is C31H25F6LiO7. The molecule has 2 N–H and O–H groups in total. The molecule has 0 fully saturated rings. The molecule has 4 aromatic carbocycles. The summed E-state index contributed by atoms with van der Waals surface area (Å²) in [6.07, 6.45) is -8.85. The van der Waals surface area contributed by atoms with Gasteiger partial charge in [0.25, 0.3) is 0 Å². The summed E-state index contributed by atoms with van der Waals surface area (Å²) in [5.41, 5.74) is 0.0648. The van der Waals surface area contributed by atoms with E-state index in [1.807, 2.05) is 0 Å². The van der Waals surface area contributed by atoms with Gasteiger partial charge < -0.3 is 24.8 Å². The Balaban J connectivity index is 0.000000431. The molecule has 0 aliphatic carbocycles. The van der Waals surface area contributed by atoms with E-state index in [1.165, 1.54) is 63.8 Å². The van der Waals surface area contributed by atoms with Crippen LogP contribution in [0.3, 0.4) is 0 Å². The first-order chi connectivity index (χ1) is 20.2. The zero-order valence-corrected chi connectivity index (χ0v) is 24.3. The summed E-state index contributed by atoms with van der Waals surface area (Å²) in [4.78, 5) is 23.1. The number of esters is 1. The molecule has 7 nitrogen and oxygen atoms in total. The Kier molecular flexibility index (Phi) is 13.7. The standard InChI is InChI=1S/C16H13F3O3.C15H11F3O3.Li.H2O/c1-21-13-5-3-4-12(15(20)22-2)14(13)10-6-8-11(9-7-10)16(17,18)19;1-21-12-4-2-3-11(14(19)20)13(12)9-5-7-10(8-6-9)15(16,17)18;;/h3-9H,1-2H3;2-8H,1H3,(H,19,20);;1H2/q;;+1;/p-1. The summed E-state index contributed by atoms with van der Waals surface area (Å²) in [6, 6.07) is 18.0. The maximum Gasteiger partial charge on any atom is 1.00 e. The van der Waals surface area contributed by atoms with Crippen LogP contribution in [-0.2, 0) is 17.1 Å². The molecule has 0 atom stereocenters. The van der Waals surface area contributed by atoms with Crippen molar-refractivity contribution in [1.82, 2.24) is 0 Å². The number of methoxy groups -OCH3 is 3. The number of alkyl halides is 6. The average molecular weight is 630 g/mol. The van der Waals surface area contributed by atoms with E-state index in [9.17, 15) is 41.0 Å². The van der Waals surface area contributed by atoms with E-state index in [0.29, 0.717) is 22.4 Å². The topological polar surface area (TPSA) is 112 Å². The quantitative estimate of drug-likeness (QED) is 0.180. The smallest absolute Gasteiger partial charge is 0.870 e. The Morgan fingerprint density at radius 2 is 0.956 bits per heavy atom. The van der Waals surface area contributed by atoms with Gasteiger partial charge in [0, 0.05) is 11.1 Å². The summed E-state index contributed by atoms with van der Waals surface area (Å²) >= 11 is 0. The Hall–Kier alpha value is -4.44. The molecule has 4 rings (SSSR count). The predicted molar refractivity (Wildman–Crippen MR) is 147 cm³/mol. The molecule has 0 saturated heterocycles. The molecule has 0 spiro atoms. The van der Waals surface area contributed by atoms with Crippen LogP contribution in [0.5, 0.6) is 11.5 Å². The third-order valence-corrected chi connectivity index (χ3v) is 6.13. The van der Waals surface area contributed by atoms with Gasteiger partial charge in [-0.3, -0.25) is 0 Å². The van der Waals surface area contributed by atoms with Gasteiger partial charge in [-0.15, -0.1) is 0 Å². The van der Waals surface area contributed by atoms with Crippen molar-refractivity contribution < 1.29 is 79.6 Å². The van der Waals surface area contributed by atoms with E-state index in [4.69, 9.17) is 14.2 Å². The largest absolute Gasteiger partial charge is 1.00 e. The second-order valence-electron chi connectivity index (χ2n) is 8.71. The SMILES string of the molecule is COC(=O)c1cccc(OC)c1-c1ccc(C(F)(F)F)cc1.COc1cccc(C(=O)O)c1-c1ccc(C(F)(F)F)cc1.[Li+].[OH-]. The molecule has 0 bridgehead atoms. The minimum absolute atomic E-state index is 0. The first-order valence-corrected chi connectivity index (χ1v) is 12.2. The number of ether oxygens (including phenoxy) is 3. The first-order valence-electron chi connectivity index (χ1n) is 12.2. The van der Waals surface area contributed by atoms with Gasteiger partial charge in [0.15, 0.2) is 0 Å². The van der Waals surface area contributed by atoms with Crippen LogP contribution in [0.1, 0.15) is 31.8 Å². The van der Waals surface area contributed by atoms with Crippen LogP contribution < -0.4 is 28.3 Å². The van der Waals surface area contributed by atoms with Crippen molar-refractivity contribution >= 4 is 11.9 Å². The fourth-order valence-corrected chi connectivity index (χ4v) is 4.11. The van der Waals surface area contributed by atoms with E-state index in [2.05, 4.69) is 0 Å². The van der Waals surface area contributed by atoms with Crippen molar-refractivity contribution in [3.05, 3.63) is 107 Å². The number of carbonyl (C=O) groups excluding carboxylic acids is 1. The zero-order chi connectivity index (χ0) is 31.9. The van der Waals surface area contributed by atoms with E-state index in [0.717, 1.165) is 24.3 Å². The monoisotopic (exact) mass is 630 g/mol. The van der Waals surface area contributed by atoms with Gasteiger partial charge in [-0.05, 0) is 59.7 Å². The summed E-state index contributed by atoms with van der Waals surface area (Å²) < 4.78 is 90.6. The number of hydrogen-bond donors (Lipinski definition) is 1. The van der Waals surface area contributed by atoms with Gasteiger partial charge in [0.05, 0.1) is 43.6 Å². The van der Waals surface area contributed by atoms with Crippen LogP contribution in [0.25, 0.3) is 22.3 Å². The molecule has 234 valence electrons. The zero-order valence-electron chi connectivity index (χ0n) is 24.3. The molecule has 4 aromatic rings. The molecule has 0 unspecified atom stereocenters. The molecular weight excluding hydrogens is 605 g/mol. The van der Waals surface area contributed by atoms with Gasteiger partial charge in [0.1, 0.15) is 11.5 Å². The van der Waals surface area contributed by atoms with Gasteiger partial charge >= 0.3 is 43.2 Å². The Morgan fingerprint density at radius 3 is 1.27 bits per heavy atom. The molecule has 0 aliphatic heterocycles. The third kappa shape index (κ3) is 9.28. The minimum atomic E-state index is -4.44. The number of carboxylic acid groups (broad SMARTS) is 1. The molecule has 0 radical (unpaired) electrons. The van der Waals surface area contributed by atoms with Crippen molar-refractivity contribution in [2.75, 3.05) is 21.3 Å². The Morgan fingerprint density at radius 1 is 0.600 bits per heavy atom. The summed E-state index contributed by atoms with van der Waals surface area (Å²) in [5.74, 6) is -1.10. The fraction of sp³-hybridized carbons (Fsp3) is 0.161. The number of carbonyl (C=O) groups is 2. The summed E-state index contributed by atoms with van der Waals surface area (Å²) in [5, 5.41) is 9.20. The van der Waals surface area contributed by atoms with Crippen LogP contribution in [0.15, 0.2) is 84.9 Å². The summed E-state index contributed by atoms with van der Waals surface area (Å²) in [6.45, 7) is 0. The van der Waals surface area contributed by atoms with Gasteiger partial charge in [-0.1, -0.05) is 36.4 Å². The van der Waals surface area contributed by atoms with E-state index in [-0.39, 0.29) is 46.8 Å². The Bertz CT molecular complexity index is 1590. The molecule has 0 aromatic heterocycles. The second-order valence-corrected chi connectivity index (χ2v) is 8.71. The van der Waals surface area contributed by atoms with Gasteiger partial charge in [0.2, 0.25) is 0 Å². The number of halogens is 6. The fourth-order valence-electron chi connectivity index (χ4n) is 4.11. The Labute approximate surface area is 265 Å². The first kappa shape index (κ1) is 38.6. The predicted octanol–water partition coefficient (Wildman–Crippen LogP) is 5.07. The van der Waals surface area contributed by atoms with Crippen LogP contribution in [0.2, 0.25) is 0 Å². The maximum absolute atomic E-state index is 12.6. The number of aromatic carboxylic acids is 1. The number of carboxylic acids is 1. The van der Waals surface area contributed by atoms with Crippen molar-refractivity contribution in [3.8, 4) is 33.8 Å². The number of benzene rings is 4. The summed E-state index contributed by atoms with van der Waals surface area (Å²) in [7, 11) is 4.02. The normalized spacial score (nSPS) is 10.7. The number of rotatable bonds is 6. The molecule has 0 saturated carbocycles. The van der Waals surface area contributed by atoms with Crippen molar-refractivity contribution in [2.24, 2.45) is 0 Å². The van der Waals surface area contributed by atoms with Gasteiger partial charge in [-0.25, -0.2) is 9.59 Å². The van der Waals surface area contributed by atoms with Crippen LogP contribution in [-0.4, -0.2) is 43.9 Å². The van der Waals surface area contributed by atoms with Crippen molar-refractivity contribution in [1.29, 1.82) is 0 Å². The minimum Gasteiger partial charge on any atom is -0.870 e. The van der Waals surface area contributed by atoms with Crippen molar-refractivity contribution in [3.63, 3.8) is 0 Å². The van der Waals surface area contributed by atoms with E-state index in [1.54, 1.807) is 18.2 Å². The molecule has 0 aliphatic rings. The van der Waals surface area contributed by atoms with Crippen LogP contribution >= 0.6 is 0 Å². The average Bonchev–Trinajstić information content (AvgIpc) is 2.99. The van der Waals surface area contributed by atoms with Crippen LogP contribution in [0.4, 0.5) is 26.3 Å². The third-order valence-electron chi connectivity index (χ3n) is 6.13. The van der Waals surface area contributed by atoms with Crippen molar-refractivity contribution in [2.45, 2.75) is 12.4 Å². The molecule has 0 heterocycles. The van der Waals surface area contributed by atoms with E-state index < -0.39 is 35.4 Å². The molecule has 14 heteroatoms.